The average Bonchev–Trinajstić information content (AvgIpc) is 2.96. The number of piperidine rings is 1. The number of rotatable bonds is 3. The maximum absolute atomic E-state index is 13.0. The molecule has 1 aliphatic heterocycles. The molecule has 1 fully saturated rings. The third kappa shape index (κ3) is 3.32. The predicted octanol–water partition coefficient (Wildman–Crippen LogP) is 3.03. The van der Waals surface area contributed by atoms with Crippen LogP contribution in [-0.2, 0) is 0 Å². The van der Waals surface area contributed by atoms with Crippen LogP contribution in [0.1, 0.15) is 35.8 Å². The normalized spacial score (nSPS) is 21.1. The standard InChI is InChI=1S/C18H23ClN4O/c1-12-7-8-22(16(9-12)10-20)18(24)17-11-23(21-13(17)2)15-5-3-14(19)4-6-15/h3-6,11-12,16H,7-10,20H2,1-2H3. The summed E-state index contributed by atoms with van der Waals surface area (Å²) in [6.07, 6.45) is 3.78. The highest BCUT2D eigenvalue weighted by molar-refractivity contribution is 6.30. The molecule has 128 valence electrons. The second kappa shape index (κ2) is 6.95. The number of amides is 1. The molecule has 2 heterocycles. The Labute approximate surface area is 147 Å². The van der Waals surface area contributed by atoms with Crippen LogP contribution in [0.15, 0.2) is 30.5 Å². The van der Waals surface area contributed by atoms with Gasteiger partial charge in [0, 0.05) is 30.4 Å². The van der Waals surface area contributed by atoms with Gasteiger partial charge >= 0.3 is 0 Å². The minimum Gasteiger partial charge on any atom is -0.334 e. The lowest BCUT2D eigenvalue weighted by atomic mass is 9.92. The molecule has 1 aromatic heterocycles. The lowest BCUT2D eigenvalue weighted by Gasteiger charge is -2.37. The van der Waals surface area contributed by atoms with Crippen LogP contribution in [0.4, 0.5) is 0 Å². The zero-order valence-corrected chi connectivity index (χ0v) is 14.8. The van der Waals surface area contributed by atoms with E-state index < -0.39 is 0 Å². The highest BCUT2D eigenvalue weighted by Gasteiger charge is 2.31. The number of aryl methyl sites for hydroxylation is 1. The van der Waals surface area contributed by atoms with Crippen molar-refractivity contribution in [2.75, 3.05) is 13.1 Å². The molecule has 2 aromatic rings. The predicted molar refractivity (Wildman–Crippen MR) is 95.6 cm³/mol. The molecule has 0 spiro atoms. The van der Waals surface area contributed by atoms with Gasteiger partial charge in [-0.15, -0.1) is 0 Å². The van der Waals surface area contributed by atoms with Crippen molar-refractivity contribution in [3.05, 3.63) is 46.7 Å². The van der Waals surface area contributed by atoms with E-state index in [1.165, 1.54) is 0 Å². The SMILES string of the molecule is Cc1nn(-c2ccc(Cl)cc2)cc1C(=O)N1CCC(C)CC1CN. The summed E-state index contributed by atoms with van der Waals surface area (Å²) in [5, 5.41) is 5.16. The zero-order valence-electron chi connectivity index (χ0n) is 14.1. The summed E-state index contributed by atoms with van der Waals surface area (Å²) in [5.74, 6) is 0.635. The van der Waals surface area contributed by atoms with Crippen molar-refractivity contribution >= 4 is 17.5 Å². The van der Waals surface area contributed by atoms with Gasteiger partial charge in [0.2, 0.25) is 0 Å². The fourth-order valence-corrected chi connectivity index (χ4v) is 3.42. The van der Waals surface area contributed by atoms with Gasteiger partial charge in [-0.05, 0) is 49.9 Å². The van der Waals surface area contributed by atoms with Crippen molar-refractivity contribution in [3.63, 3.8) is 0 Å². The number of nitrogens with zero attached hydrogens (tertiary/aromatic N) is 3. The first-order valence-electron chi connectivity index (χ1n) is 8.33. The minimum atomic E-state index is 0.0232. The van der Waals surface area contributed by atoms with Crippen molar-refractivity contribution in [3.8, 4) is 5.69 Å². The molecule has 3 rings (SSSR count). The van der Waals surface area contributed by atoms with E-state index >= 15 is 0 Å². The fraction of sp³-hybridized carbons (Fsp3) is 0.444. The molecule has 0 aliphatic carbocycles. The Hall–Kier alpha value is -1.85. The number of benzene rings is 1. The highest BCUT2D eigenvalue weighted by Crippen LogP contribution is 2.25. The van der Waals surface area contributed by atoms with E-state index in [9.17, 15) is 4.79 Å². The Kier molecular flexibility index (Phi) is 4.92. The Bertz CT molecular complexity index is 725. The van der Waals surface area contributed by atoms with Gasteiger partial charge in [-0.25, -0.2) is 4.68 Å². The number of carbonyl (C=O) groups is 1. The van der Waals surface area contributed by atoms with Crippen LogP contribution in [0.2, 0.25) is 5.02 Å². The number of likely N-dealkylation sites (tertiary alicyclic amines) is 1. The molecule has 2 unspecified atom stereocenters. The second-order valence-corrected chi connectivity index (χ2v) is 7.00. The Balaban J connectivity index is 1.86. The smallest absolute Gasteiger partial charge is 0.257 e. The third-order valence-electron chi connectivity index (χ3n) is 4.73. The van der Waals surface area contributed by atoms with Gasteiger partial charge in [-0.2, -0.15) is 5.10 Å². The summed E-state index contributed by atoms with van der Waals surface area (Å²) in [5.41, 5.74) is 8.14. The first kappa shape index (κ1) is 17.0. The highest BCUT2D eigenvalue weighted by atomic mass is 35.5. The van der Waals surface area contributed by atoms with Gasteiger partial charge in [-0.3, -0.25) is 4.79 Å². The topological polar surface area (TPSA) is 64.2 Å². The molecule has 1 aromatic carbocycles. The molecule has 0 bridgehead atoms. The molecule has 5 nitrogen and oxygen atoms in total. The van der Waals surface area contributed by atoms with Crippen molar-refractivity contribution in [1.29, 1.82) is 0 Å². The molecule has 2 N–H and O–H groups in total. The number of carbonyl (C=O) groups excluding carboxylic acids is 1. The van der Waals surface area contributed by atoms with Crippen molar-refractivity contribution in [2.45, 2.75) is 32.7 Å². The Morgan fingerprint density at radius 2 is 2.08 bits per heavy atom. The van der Waals surface area contributed by atoms with E-state index in [0.29, 0.717) is 23.0 Å². The lowest BCUT2D eigenvalue weighted by Crippen LogP contribution is -2.49. The maximum atomic E-state index is 13.0. The maximum Gasteiger partial charge on any atom is 0.257 e. The molecule has 1 aliphatic rings. The quantitative estimate of drug-likeness (QED) is 0.929. The van der Waals surface area contributed by atoms with Crippen LogP contribution in [0, 0.1) is 12.8 Å². The number of nitrogens with two attached hydrogens (primary N) is 1. The van der Waals surface area contributed by atoms with Crippen molar-refractivity contribution in [1.82, 2.24) is 14.7 Å². The first-order chi connectivity index (χ1) is 11.5. The zero-order chi connectivity index (χ0) is 17.3. The van der Waals surface area contributed by atoms with E-state index in [0.717, 1.165) is 30.8 Å². The monoisotopic (exact) mass is 346 g/mol. The number of aromatic nitrogens is 2. The fourth-order valence-electron chi connectivity index (χ4n) is 3.29. The van der Waals surface area contributed by atoms with E-state index in [1.54, 1.807) is 10.9 Å². The molecular formula is C18H23ClN4O. The van der Waals surface area contributed by atoms with Gasteiger partial charge in [0.05, 0.1) is 16.9 Å². The third-order valence-corrected chi connectivity index (χ3v) is 4.98. The Morgan fingerprint density at radius 3 is 2.75 bits per heavy atom. The summed E-state index contributed by atoms with van der Waals surface area (Å²) in [6.45, 7) is 5.34. The molecule has 1 amide bonds. The molecule has 6 heteroatoms. The van der Waals surface area contributed by atoms with Gasteiger partial charge in [0.15, 0.2) is 0 Å². The van der Waals surface area contributed by atoms with E-state index in [-0.39, 0.29) is 11.9 Å². The average molecular weight is 347 g/mol. The largest absolute Gasteiger partial charge is 0.334 e. The molecule has 0 radical (unpaired) electrons. The second-order valence-electron chi connectivity index (χ2n) is 6.57. The first-order valence-corrected chi connectivity index (χ1v) is 8.70. The van der Waals surface area contributed by atoms with Gasteiger partial charge in [0.25, 0.3) is 5.91 Å². The summed E-state index contributed by atoms with van der Waals surface area (Å²) in [7, 11) is 0. The molecule has 0 saturated carbocycles. The number of hydrogen-bond donors (Lipinski definition) is 1. The molecule has 24 heavy (non-hydrogen) atoms. The van der Waals surface area contributed by atoms with Crippen molar-refractivity contribution < 1.29 is 4.79 Å². The van der Waals surface area contributed by atoms with E-state index in [4.69, 9.17) is 17.3 Å². The number of hydrogen-bond acceptors (Lipinski definition) is 3. The van der Waals surface area contributed by atoms with Crippen LogP contribution >= 0.6 is 11.6 Å². The van der Waals surface area contributed by atoms with Crippen LogP contribution in [0.5, 0.6) is 0 Å². The van der Waals surface area contributed by atoms with Gasteiger partial charge in [0.1, 0.15) is 0 Å². The molecule has 1 saturated heterocycles. The van der Waals surface area contributed by atoms with Crippen LogP contribution < -0.4 is 5.73 Å². The lowest BCUT2D eigenvalue weighted by molar-refractivity contribution is 0.0573. The molecule has 2 atom stereocenters. The summed E-state index contributed by atoms with van der Waals surface area (Å²) >= 11 is 5.93. The Morgan fingerprint density at radius 1 is 1.38 bits per heavy atom. The van der Waals surface area contributed by atoms with Gasteiger partial charge in [-0.1, -0.05) is 18.5 Å². The minimum absolute atomic E-state index is 0.0232. The summed E-state index contributed by atoms with van der Waals surface area (Å²) in [6, 6.07) is 7.50. The number of halogens is 1. The van der Waals surface area contributed by atoms with Crippen LogP contribution in [-0.4, -0.2) is 39.7 Å². The molecular weight excluding hydrogens is 324 g/mol. The van der Waals surface area contributed by atoms with Crippen LogP contribution in [0.25, 0.3) is 5.69 Å². The van der Waals surface area contributed by atoms with Crippen molar-refractivity contribution in [2.24, 2.45) is 11.7 Å². The van der Waals surface area contributed by atoms with E-state index in [1.807, 2.05) is 36.1 Å². The van der Waals surface area contributed by atoms with E-state index in [2.05, 4.69) is 12.0 Å². The van der Waals surface area contributed by atoms with Crippen LogP contribution in [0.3, 0.4) is 0 Å². The summed E-state index contributed by atoms with van der Waals surface area (Å²) in [4.78, 5) is 14.9. The summed E-state index contributed by atoms with van der Waals surface area (Å²) < 4.78 is 1.73. The van der Waals surface area contributed by atoms with Gasteiger partial charge < -0.3 is 10.6 Å².